The number of rotatable bonds is 57. The summed E-state index contributed by atoms with van der Waals surface area (Å²) in [4.78, 5) is 37.5. The molecule has 2 atom stereocenters. The summed E-state index contributed by atoms with van der Waals surface area (Å²) in [7, 11) is 5.93. The molecule has 0 aliphatic carbocycles. The molecule has 0 aromatic rings. The van der Waals surface area contributed by atoms with Crippen molar-refractivity contribution in [1.29, 1.82) is 0 Å². The molecule has 9 heteroatoms. The Hall–Kier alpha value is -6.39. The molecule has 0 saturated heterocycles. The summed E-state index contributed by atoms with van der Waals surface area (Å²) in [6, 6.07) is 0. The number of carboxylic acids is 1. The van der Waals surface area contributed by atoms with E-state index in [1.807, 2.05) is 21.1 Å². The van der Waals surface area contributed by atoms with Crippen LogP contribution < -0.4 is 0 Å². The second-order valence-corrected chi connectivity index (χ2v) is 22.0. The lowest BCUT2D eigenvalue weighted by Gasteiger charge is -2.25. The summed E-state index contributed by atoms with van der Waals surface area (Å²) in [5, 5.41) is 9.73. The summed E-state index contributed by atoms with van der Waals surface area (Å²) in [6.07, 6.45) is 102. The van der Waals surface area contributed by atoms with Crippen molar-refractivity contribution < 1.29 is 42.9 Å². The molecule has 0 fully saturated rings. The molecule has 0 radical (unpaired) electrons. The zero-order chi connectivity index (χ0) is 63.3. The number of hydrogen-bond donors (Lipinski definition) is 1. The highest BCUT2D eigenvalue weighted by Crippen LogP contribution is 2.11. The van der Waals surface area contributed by atoms with E-state index in [9.17, 15) is 19.5 Å². The second-order valence-electron chi connectivity index (χ2n) is 22.0. The van der Waals surface area contributed by atoms with Gasteiger partial charge in [0.1, 0.15) is 13.2 Å². The normalized spacial score (nSPS) is 14.2. The van der Waals surface area contributed by atoms with Gasteiger partial charge in [-0.1, -0.05) is 245 Å². The number of nitrogens with zero attached hydrogens (tertiary/aromatic N) is 1. The molecule has 482 valence electrons. The smallest absolute Gasteiger partial charge is 0.361 e. The molecule has 0 rings (SSSR count). The first-order chi connectivity index (χ1) is 42.6. The highest BCUT2D eigenvalue weighted by Gasteiger charge is 2.25. The highest BCUT2D eigenvalue weighted by molar-refractivity contribution is 5.71. The van der Waals surface area contributed by atoms with E-state index in [-0.39, 0.29) is 32.7 Å². The quantitative estimate of drug-likeness (QED) is 0.0211. The minimum absolute atomic E-state index is 0.160. The van der Waals surface area contributed by atoms with E-state index in [0.29, 0.717) is 23.9 Å². The van der Waals surface area contributed by atoms with Crippen LogP contribution in [0.3, 0.4) is 0 Å². The fourth-order valence-corrected chi connectivity index (χ4v) is 7.76. The van der Waals surface area contributed by atoms with Crippen molar-refractivity contribution in [1.82, 2.24) is 0 Å². The van der Waals surface area contributed by atoms with Crippen molar-refractivity contribution in [3.63, 3.8) is 0 Å². The molecule has 9 nitrogen and oxygen atoms in total. The van der Waals surface area contributed by atoms with Gasteiger partial charge in [0.25, 0.3) is 6.29 Å². The van der Waals surface area contributed by atoms with Gasteiger partial charge in [0.2, 0.25) is 0 Å². The zero-order valence-electron chi connectivity index (χ0n) is 54.8. The predicted octanol–water partition coefficient (Wildman–Crippen LogP) is 20.6. The summed E-state index contributed by atoms with van der Waals surface area (Å²) in [5.74, 6) is -2.13. The number of carboxylic acid groups (broad SMARTS) is 1. The van der Waals surface area contributed by atoms with Crippen molar-refractivity contribution in [3.8, 4) is 0 Å². The van der Waals surface area contributed by atoms with E-state index in [4.69, 9.17) is 18.9 Å². The van der Waals surface area contributed by atoms with Crippen LogP contribution in [0.15, 0.2) is 219 Å². The Kier molecular flexibility index (Phi) is 60.8. The van der Waals surface area contributed by atoms with Crippen LogP contribution in [-0.4, -0.2) is 87.4 Å². The minimum Gasteiger partial charge on any atom is -0.477 e. The number of allylic oxidation sites excluding steroid dienone is 36. The van der Waals surface area contributed by atoms with Crippen LogP contribution in [0.4, 0.5) is 0 Å². The van der Waals surface area contributed by atoms with Crippen LogP contribution in [0.2, 0.25) is 0 Å². The fraction of sp³-hybridized carbons (Fsp3) is 0.500. The summed E-state index contributed by atoms with van der Waals surface area (Å²) < 4.78 is 22.8. The van der Waals surface area contributed by atoms with E-state index in [1.54, 1.807) is 0 Å². The molecule has 0 bridgehead atoms. The van der Waals surface area contributed by atoms with Crippen LogP contribution in [0, 0.1) is 0 Å². The SMILES string of the molecule is CC/C=C\C/C=C\C/C=C\C/C=C\C/C=C\C/C=C\C/C=C\C/C=C\C/C=C\C/C=C\CCCCC(=O)OC(COC(=O)CCCCCC/C=C\C/C=C\C/C=C\C/C=C\C/C=C\C/C=C\C/C=C\C/C=C\CC)COC(OCC[N+](C)(C)C)C(=O)O. The Morgan fingerprint density at radius 3 is 0.931 bits per heavy atom. The molecule has 0 aromatic carbocycles. The van der Waals surface area contributed by atoms with Gasteiger partial charge in [0.05, 0.1) is 34.4 Å². The third kappa shape index (κ3) is 67.0. The molecule has 0 aromatic heterocycles. The fourth-order valence-electron chi connectivity index (χ4n) is 7.76. The van der Waals surface area contributed by atoms with Gasteiger partial charge in [-0.3, -0.25) is 9.59 Å². The molecule has 1 N–H and O–H groups in total. The third-order valence-corrected chi connectivity index (χ3v) is 12.7. The van der Waals surface area contributed by atoms with Crippen LogP contribution in [0.5, 0.6) is 0 Å². The average molecular weight is 1200 g/mol. The van der Waals surface area contributed by atoms with Crippen LogP contribution in [-0.2, 0) is 33.3 Å². The van der Waals surface area contributed by atoms with Gasteiger partial charge in [-0.15, -0.1) is 0 Å². The number of ether oxygens (including phenoxy) is 4. The van der Waals surface area contributed by atoms with E-state index in [0.717, 1.165) is 154 Å². The van der Waals surface area contributed by atoms with Gasteiger partial charge in [-0.25, -0.2) is 4.79 Å². The van der Waals surface area contributed by atoms with E-state index >= 15 is 0 Å². The highest BCUT2D eigenvalue weighted by atomic mass is 16.7. The average Bonchev–Trinajstić information content (AvgIpc) is 3.59. The molecule has 0 aliphatic rings. The van der Waals surface area contributed by atoms with Gasteiger partial charge in [0.15, 0.2) is 6.10 Å². The molecule has 0 saturated carbocycles. The lowest BCUT2D eigenvalue weighted by Crippen LogP contribution is -2.40. The van der Waals surface area contributed by atoms with Crippen molar-refractivity contribution in [2.45, 2.75) is 206 Å². The van der Waals surface area contributed by atoms with Crippen molar-refractivity contribution in [2.75, 3.05) is 47.5 Å². The molecule has 2 unspecified atom stereocenters. The van der Waals surface area contributed by atoms with E-state index in [2.05, 4.69) is 233 Å². The number of aliphatic carboxylic acids is 1. The molecule has 0 heterocycles. The molecule has 0 aliphatic heterocycles. The largest absolute Gasteiger partial charge is 0.477 e. The van der Waals surface area contributed by atoms with Gasteiger partial charge in [0, 0.05) is 12.8 Å². The Bertz CT molecular complexity index is 2230. The molecular weight excluding hydrogens is 1080 g/mol. The number of hydrogen-bond acceptors (Lipinski definition) is 7. The zero-order valence-corrected chi connectivity index (χ0v) is 54.8. The Morgan fingerprint density at radius 2 is 0.621 bits per heavy atom. The minimum atomic E-state index is -1.55. The van der Waals surface area contributed by atoms with Gasteiger partial charge >= 0.3 is 17.9 Å². The summed E-state index contributed by atoms with van der Waals surface area (Å²) in [5.41, 5.74) is 0. The van der Waals surface area contributed by atoms with Crippen molar-refractivity contribution >= 4 is 17.9 Å². The van der Waals surface area contributed by atoms with Crippen molar-refractivity contribution in [3.05, 3.63) is 219 Å². The lowest BCUT2D eigenvalue weighted by molar-refractivity contribution is -0.870. The maximum atomic E-state index is 12.9. The summed E-state index contributed by atoms with van der Waals surface area (Å²) in [6.45, 7) is 4.52. The number of likely N-dealkylation sites (N-methyl/N-ethyl adjacent to an activating group) is 1. The maximum Gasteiger partial charge on any atom is 0.361 e. The Labute approximate surface area is 530 Å². The number of quaternary nitrogens is 1. The molecule has 87 heavy (non-hydrogen) atoms. The second kappa shape index (κ2) is 65.6. The first-order valence-electron chi connectivity index (χ1n) is 32.9. The Morgan fingerprint density at radius 1 is 0.345 bits per heavy atom. The molecule has 0 spiro atoms. The third-order valence-electron chi connectivity index (χ3n) is 12.7. The number of esters is 2. The van der Waals surface area contributed by atoms with Gasteiger partial charge in [-0.05, 0) is 154 Å². The monoisotopic (exact) mass is 1200 g/mol. The van der Waals surface area contributed by atoms with E-state index in [1.165, 1.54) is 0 Å². The first kappa shape index (κ1) is 80.6. The predicted molar refractivity (Wildman–Crippen MR) is 372 cm³/mol. The Balaban J connectivity index is 4.41. The van der Waals surface area contributed by atoms with Gasteiger partial charge in [-0.2, -0.15) is 0 Å². The topological polar surface area (TPSA) is 108 Å². The van der Waals surface area contributed by atoms with Crippen LogP contribution >= 0.6 is 0 Å². The maximum absolute atomic E-state index is 12.9. The number of unbranched alkanes of at least 4 members (excludes halogenated alkanes) is 6. The molecule has 0 amide bonds. The number of carbonyl (C=O) groups is 3. The van der Waals surface area contributed by atoms with Gasteiger partial charge < -0.3 is 28.5 Å². The lowest BCUT2D eigenvalue weighted by atomic mass is 10.1. The van der Waals surface area contributed by atoms with Crippen LogP contribution in [0.25, 0.3) is 0 Å². The summed E-state index contributed by atoms with van der Waals surface area (Å²) >= 11 is 0. The van der Waals surface area contributed by atoms with E-state index < -0.39 is 30.3 Å². The molecular formula is C78H118NO8+. The van der Waals surface area contributed by atoms with Crippen molar-refractivity contribution in [2.24, 2.45) is 0 Å². The van der Waals surface area contributed by atoms with Crippen LogP contribution in [0.1, 0.15) is 194 Å². The first-order valence-corrected chi connectivity index (χ1v) is 32.9. The number of carbonyl (C=O) groups excluding carboxylic acids is 2. The standard InChI is InChI=1S/C78H117NO8/c1-6-8-10-12-14-16-18-20-22-24-26-28-30-32-34-36-37-38-39-41-43-45-47-49-51-53-55-57-59-61-63-65-67-69-76(81)87-74(73-86-78(77(82)83)84-71-70-79(3,4)5)72-85-75(80)68-66-64-62-60-58-56-54-52-50-48-46-44-42-40-35-33-31-29-27-25-23-21-19-17-15-13-11-9-7-2/h8-11,14-17,20-23,26-29,32-35,37-38,41-44,47-50,53-56,59,61,74,78H,6-7,12-13,18-19,24-25,30-31,36,39-40,45-46,51-52,57-58,60,62-73H2,1-5H3/p+1/b10-8-,11-9-,16-14-,17-15-,22-20-,23-21-,28-26-,29-27-,34-32-,35-33-,38-37-,43-41-,44-42-,49-47-,50-48-,55-53-,56-54-,61-59-.